The first-order valence-corrected chi connectivity index (χ1v) is 9.98. The highest BCUT2D eigenvalue weighted by Gasteiger charge is 2.10. The highest BCUT2D eigenvalue weighted by Crippen LogP contribution is 2.26. The van der Waals surface area contributed by atoms with Crippen molar-refractivity contribution in [2.24, 2.45) is 0 Å². The van der Waals surface area contributed by atoms with E-state index in [9.17, 15) is 14.7 Å². The number of phenols is 1. The number of H-pyrrole nitrogens is 1. The number of nitrogens with zero attached hydrogens (tertiary/aromatic N) is 1. The van der Waals surface area contributed by atoms with E-state index in [0.29, 0.717) is 34.6 Å². The largest absolute Gasteiger partial charge is 0.508 e. The van der Waals surface area contributed by atoms with Gasteiger partial charge in [-0.05, 0) is 74.0 Å². The molecule has 156 valence electrons. The first-order chi connectivity index (χ1) is 14.5. The fourth-order valence-corrected chi connectivity index (χ4v) is 3.10. The zero-order valence-electron chi connectivity index (χ0n) is 17.2. The summed E-state index contributed by atoms with van der Waals surface area (Å²) in [5.74, 6) is 0.0344. The number of phenolic OH excluding ortho intramolecular Hbond substituents is 1. The molecule has 30 heavy (non-hydrogen) atoms. The number of amides is 1. The number of carbonyl (C=O) groups excluding carboxylic acids is 1. The smallest absolute Gasteiger partial charge is 0.345 e. The molecule has 2 aromatic carbocycles. The molecule has 0 bridgehead atoms. The fourth-order valence-electron chi connectivity index (χ4n) is 3.10. The zero-order chi connectivity index (χ0) is 21.5. The van der Waals surface area contributed by atoms with Gasteiger partial charge in [0.15, 0.2) is 0 Å². The van der Waals surface area contributed by atoms with Crippen molar-refractivity contribution in [1.82, 2.24) is 20.6 Å². The van der Waals surface area contributed by atoms with Crippen LogP contribution in [-0.2, 0) is 0 Å². The van der Waals surface area contributed by atoms with Gasteiger partial charge in [-0.25, -0.2) is 4.79 Å². The van der Waals surface area contributed by atoms with E-state index >= 15 is 0 Å². The van der Waals surface area contributed by atoms with Gasteiger partial charge in [-0.1, -0.05) is 19.1 Å². The van der Waals surface area contributed by atoms with Gasteiger partial charge in [-0.2, -0.15) is 4.98 Å². The molecular weight excluding hydrogens is 380 g/mol. The van der Waals surface area contributed by atoms with E-state index in [2.05, 4.69) is 20.6 Å². The van der Waals surface area contributed by atoms with Gasteiger partial charge in [0.2, 0.25) is 0 Å². The predicted molar refractivity (Wildman–Crippen MR) is 118 cm³/mol. The van der Waals surface area contributed by atoms with Crippen molar-refractivity contribution in [2.45, 2.75) is 20.3 Å². The van der Waals surface area contributed by atoms with E-state index < -0.39 is 5.69 Å². The third-order valence-electron chi connectivity index (χ3n) is 4.74. The lowest BCUT2D eigenvalue weighted by Crippen LogP contribution is -2.27. The number of nitrogens with one attached hydrogen (secondary N) is 3. The normalized spacial score (nSPS) is 10.7. The summed E-state index contributed by atoms with van der Waals surface area (Å²) in [6, 6.07) is 13.9. The molecule has 1 heterocycles. The number of rotatable bonds is 8. The number of aromatic amines is 1. The summed E-state index contributed by atoms with van der Waals surface area (Å²) >= 11 is 0. The molecule has 3 aromatic rings. The Morgan fingerprint density at radius 2 is 1.93 bits per heavy atom. The Hall–Kier alpha value is -3.45. The van der Waals surface area contributed by atoms with Gasteiger partial charge in [-0.15, -0.1) is 0 Å². The second-order valence-electron chi connectivity index (χ2n) is 7.03. The molecule has 1 aromatic heterocycles. The van der Waals surface area contributed by atoms with Gasteiger partial charge in [0.1, 0.15) is 5.75 Å². The standard InChI is InChI=1S/C23H26N4O3/c1-3-24-10-5-11-25-22(29)18-7-4-6-16(13-18)19-14-20(27-23(30)26-19)17-8-9-21(28)15(2)12-17/h4,6-9,12-14,24,28H,3,5,10-11H2,1-2H3,(H,25,29)(H,26,27,30). The molecule has 0 saturated carbocycles. The van der Waals surface area contributed by atoms with E-state index in [4.69, 9.17) is 0 Å². The predicted octanol–water partition coefficient (Wildman–Crippen LogP) is 2.85. The van der Waals surface area contributed by atoms with Crippen molar-refractivity contribution < 1.29 is 9.90 Å². The molecule has 0 aliphatic carbocycles. The second-order valence-corrected chi connectivity index (χ2v) is 7.03. The van der Waals surface area contributed by atoms with E-state index in [1.54, 1.807) is 49.4 Å². The first-order valence-electron chi connectivity index (χ1n) is 9.98. The van der Waals surface area contributed by atoms with E-state index in [1.165, 1.54) is 0 Å². The molecule has 0 spiro atoms. The molecule has 0 unspecified atom stereocenters. The average Bonchev–Trinajstić information content (AvgIpc) is 2.75. The number of aryl methyl sites for hydroxylation is 1. The summed E-state index contributed by atoms with van der Waals surface area (Å²) in [4.78, 5) is 31.4. The Labute approximate surface area is 175 Å². The average molecular weight is 406 g/mol. The van der Waals surface area contributed by atoms with Gasteiger partial charge in [0.05, 0.1) is 11.4 Å². The summed E-state index contributed by atoms with van der Waals surface area (Å²) in [5, 5.41) is 15.9. The second kappa shape index (κ2) is 9.84. The monoisotopic (exact) mass is 406 g/mol. The molecule has 0 atom stereocenters. The van der Waals surface area contributed by atoms with Gasteiger partial charge >= 0.3 is 5.69 Å². The molecule has 0 fully saturated rings. The molecule has 3 rings (SSSR count). The van der Waals surface area contributed by atoms with Crippen molar-refractivity contribution in [3.8, 4) is 28.3 Å². The van der Waals surface area contributed by atoms with Crippen LogP contribution >= 0.6 is 0 Å². The van der Waals surface area contributed by atoms with Crippen LogP contribution in [0.1, 0.15) is 29.3 Å². The number of aromatic nitrogens is 2. The Bertz CT molecular complexity index is 1090. The molecule has 0 aliphatic heterocycles. The summed E-state index contributed by atoms with van der Waals surface area (Å²) in [6.07, 6.45) is 0.854. The summed E-state index contributed by atoms with van der Waals surface area (Å²) in [7, 11) is 0. The maximum Gasteiger partial charge on any atom is 0.345 e. The van der Waals surface area contributed by atoms with Crippen LogP contribution < -0.4 is 16.3 Å². The van der Waals surface area contributed by atoms with Gasteiger partial charge < -0.3 is 20.7 Å². The Morgan fingerprint density at radius 3 is 2.70 bits per heavy atom. The highest BCUT2D eigenvalue weighted by atomic mass is 16.3. The van der Waals surface area contributed by atoms with Crippen LogP contribution in [0.2, 0.25) is 0 Å². The minimum atomic E-state index is -0.480. The van der Waals surface area contributed by atoms with Crippen LogP contribution in [0.5, 0.6) is 5.75 Å². The van der Waals surface area contributed by atoms with Crippen molar-refractivity contribution >= 4 is 5.91 Å². The van der Waals surface area contributed by atoms with Crippen LogP contribution in [0, 0.1) is 6.92 Å². The molecule has 1 amide bonds. The topological polar surface area (TPSA) is 107 Å². The lowest BCUT2D eigenvalue weighted by molar-refractivity contribution is 0.0953. The zero-order valence-corrected chi connectivity index (χ0v) is 17.2. The van der Waals surface area contributed by atoms with Gasteiger partial charge in [0, 0.05) is 17.7 Å². The number of benzene rings is 2. The van der Waals surface area contributed by atoms with Gasteiger partial charge in [-0.3, -0.25) is 4.79 Å². The summed E-state index contributed by atoms with van der Waals surface area (Å²) in [5.41, 5.74) is 3.25. The number of hydrogen-bond acceptors (Lipinski definition) is 5. The van der Waals surface area contributed by atoms with E-state index in [0.717, 1.165) is 25.1 Å². The number of hydrogen-bond donors (Lipinski definition) is 4. The van der Waals surface area contributed by atoms with Crippen molar-refractivity contribution in [3.05, 3.63) is 70.1 Å². The number of aromatic hydroxyl groups is 1. The molecule has 7 heteroatoms. The highest BCUT2D eigenvalue weighted by molar-refractivity contribution is 5.95. The Morgan fingerprint density at radius 1 is 1.10 bits per heavy atom. The maximum atomic E-state index is 12.4. The molecule has 0 aliphatic rings. The maximum absolute atomic E-state index is 12.4. The minimum absolute atomic E-state index is 0.154. The SMILES string of the molecule is CCNCCCNC(=O)c1cccc(-c2cc(-c3ccc(O)c(C)c3)nc(=O)[nH]2)c1. The van der Waals surface area contributed by atoms with Gasteiger partial charge in [0.25, 0.3) is 5.91 Å². The van der Waals surface area contributed by atoms with Crippen LogP contribution in [0.15, 0.2) is 53.3 Å². The quantitative estimate of drug-likeness (QED) is 0.430. The molecule has 7 nitrogen and oxygen atoms in total. The van der Waals surface area contributed by atoms with E-state index in [-0.39, 0.29) is 11.7 Å². The molecule has 0 radical (unpaired) electrons. The third kappa shape index (κ3) is 5.33. The lowest BCUT2D eigenvalue weighted by Gasteiger charge is -2.09. The van der Waals surface area contributed by atoms with Crippen LogP contribution in [0.25, 0.3) is 22.5 Å². The Kier molecular flexibility index (Phi) is 6.98. The van der Waals surface area contributed by atoms with Crippen LogP contribution in [0.4, 0.5) is 0 Å². The van der Waals surface area contributed by atoms with Crippen molar-refractivity contribution in [1.29, 1.82) is 0 Å². The Balaban J connectivity index is 1.83. The van der Waals surface area contributed by atoms with Crippen LogP contribution in [-0.4, -0.2) is 40.6 Å². The van der Waals surface area contributed by atoms with Crippen molar-refractivity contribution in [3.63, 3.8) is 0 Å². The number of carbonyl (C=O) groups is 1. The summed E-state index contributed by atoms with van der Waals surface area (Å²) in [6.45, 7) is 6.18. The molecular formula is C23H26N4O3. The van der Waals surface area contributed by atoms with Crippen molar-refractivity contribution in [2.75, 3.05) is 19.6 Å². The fraction of sp³-hybridized carbons (Fsp3) is 0.261. The molecule has 0 saturated heterocycles. The van der Waals surface area contributed by atoms with Crippen LogP contribution in [0.3, 0.4) is 0 Å². The van der Waals surface area contributed by atoms with E-state index in [1.807, 2.05) is 13.0 Å². The first kappa shape index (κ1) is 21.3. The lowest BCUT2D eigenvalue weighted by atomic mass is 10.0. The molecule has 4 N–H and O–H groups in total. The summed E-state index contributed by atoms with van der Waals surface area (Å²) < 4.78 is 0. The third-order valence-corrected chi connectivity index (χ3v) is 4.74. The minimum Gasteiger partial charge on any atom is -0.508 e.